The van der Waals surface area contributed by atoms with Crippen LogP contribution in [-0.2, 0) is 9.53 Å². The highest BCUT2D eigenvalue weighted by Crippen LogP contribution is 2.20. The maximum Gasteiger partial charge on any atom is 0.313 e. The van der Waals surface area contributed by atoms with E-state index in [1.54, 1.807) is 6.08 Å². The number of carbonyl (C=O) groups excluding carboxylic acids is 1. The van der Waals surface area contributed by atoms with Crippen LogP contribution in [0, 0.1) is 5.92 Å². The fraction of sp³-hybridized carbons (Fsp3) is 0.500. The number of allylic oxidation sites excluding steroid dienone is 2. The molecule has 1 aliphatic carbocycles. The van der Waals surface area contributed by atoms with Crippen molar-refractivity contribution in [3.05, 3.63) is 36.6 Å². The number of hydrogen-bond donors (Lipinski definition) is 1. The third kappa shape index (κ3) is 3.23. The summed E-state index contributed by atoms with van der Waals surface area (Å²) in [4.78, 5) is 14.0. The Morgan fingerprint density at radius 3 is 2.94 bits per heavy atom. The first-order valence-electron chi connectivity index (χ1n) is 6.43. The molecule has 1 N–H and O–H groups in total. The van der Waals surface area contributed by atoms with E-state index in [4.69, 9.17) is 4.74 Å². The second-order valence-corrected chi connectivity index (χ2v) is 4.49. The van der Waals surface area contributed by atoms with Gasteiger partial charge in [-0.05, 0) is 12.5 Å². The van der Waals surface area contributed by atoms with Crippen LogP contribution in [0.1, 0.15) is 6.42 Å². The molecule has 18 heavy (non-hydrogen) atoms. The van der Waals surface area contributed by atoms with E-state index in [2.05, 4.69) is 22.9 Å². The summed E-state index contributed by atoms with van der Waals surface area (Å²) in [7, 11) is 0. The summed E-state index contributed by atoms with van der Waals surface area (Å²) >= 11 is 0. The highest BCUT2D eigenvalue weighted by atomic mass is 16.5. The molecule has 0 radical (unpaired) electrons. The molecule has 0 aromatic carbocycles. The van der Waals surface area contributed by atoms with Crippen LogP contribution < -0.4 is 5.32 Å². The Labute approximate surface area is 108 Å². The summed E-state index contributed by atoms with van der Waals surface area (Å²) in [5, 5.41) is 3.33. The molecule has 1 heterocycles. The topological polar surface area (TPSA) is 41.6 Å². The Bertz CT molecular complexity index is 368. The summed E-state index contributed by atoms with van der Waals surface area (Å²) in [6.45, 7) is 7.93. The van der Waals surface area contributed by atoms with Gasteiger partial charge in [0.1, 0.15) is 6.61 Å². The number of carbonyl (C=O) groups is 1. The predicted octanol–water partition coefficient (Wildman–Crippen LogP) is 1.08. The number of nitrogens with zero attached hydrogens (tertiary/aromatic N) is 1. The van der Waals surface area contributed by atoms with Gasteiger partial charge in [0.2, 0.25) is 0 Å². The summed E-state index contributed by atoms with van der Waals surface area (Å²) in [6.07, 6.45) is 8.43. The summed E-state index contributed by atoms with van der Waals surface area (Å²) in [6, 6.07) is 0. The number of nitrogens with one attached hydrogen (secondary N) is 1. The largest absolute Gasteiger partial charge is 0.461 e. The van der Waals surface area contributed by atoms with Gasteiger partial charge in [0.25, 0.3) is 0 Å². The Balaban J connectivity index is 1.86. The molecule has 0 aromatic rings. The molecule has 1 atom stereocenters. The van der Waals surface area contributed by atoms with E-state index in [1.807, 2.05) is 12.2 Å². The Kier molecular flexibility index (Phi) is 4.59. The minimum absolute atomic E-state index is 0.142. The Morgan fingerprint density at radius 1 is 1.56 bits per heavy atom. The SMILES string of the molecule is C=CCOC(=O)C1C=CC(N2CCNCC2)=CC1. The van der Waals surface area contributed by atoms with E-state index in [1.165, 1.54) is 5.70 Å². The summed E-state index contributed by atoms with van der Waals surface area (Å²) in [5.74, 6) is -0.307. The van der Waals surface area contributed by atoms with Crippen molar-refractivity contribution in [3.8, 4) is 0 Å². The van der Waals surface area contributed by atoms with Gasteiger partial charge in [-0.3, -0.25) is 4.79 Å². The second kappa shape index (κ2) is 6.40. The first-order valence-corrected chi connectivity index (χ1v) is 6.43. The molecule has 0 aromatic heterocycles. The zero-order valence-electron chi connectivity index (χ0n) is 10.6. The molecule has 1 aliphatic heterocycles. The van der Waals surface area contributed by atoms with Gasteiger partial charge in [-0.1, -0.05) is 24.8 Å². The fourth-order valence-electron chi connectivity index (χ4n) is 2.19. The van der Waals surface area contributed by atoms with Crippen molar-refractivity contribution in [2.24, 2.45) is 5.92 Å². The summed E-state index contributed by atoms with van der Waals surface area (Å²) in [5.41, 5.74) is 1.23. The van der Waals surface area contributed by atoms with Crippen molar-refractivity contribution >= 4 is 5.97 Å². The van der Waals surface area contributed by atoms with Gasteiger partial charge in [0, 0.05) is 31.9 Å². The van der Waals surface area contributed by atoms with E-state index in [-0.39, 0.29) is 18.5 Å². The Morgan fingerprint density at radius 2 is 2.33 bits per heavy atom. The zero-order chi connectivity index (χ0) is 12.8. The molecule has 1 saturated heterocycles. The first-order chi connectivity index (χ1) is 8.81. The molecule has 0 spiro atoms. The van der Waals surface area contributed by atoms with Crippen molar-refractivity contribution in [2.45, 2.75) is 6.42 Å². The highest BCUT2D eigenvalue weighted by molar-refractivity contribution is 5.75. The van der Waals surface area contributed by atoms with Crippen molar-refractivity contribution in [1.29, 1.82) is 0 Å². The predicted molar refractivity (Wildman–Crippen MR) is 70.9 cm³/mol. The van der Waals surface area contributed by atoms with Gasteiger partial charge < -0.3 is 15.0 Å². The van der Waals surface area contributed by atoms with Gasteiger partial charge in [-0.15, -0.1) is 0 Å². The number of ether oxygens (including phenoxy) is 1. The van der Waals surface area contributed by atoms with Crippen molar-refractivity contribution in [3.63, 3.8) is 0 Å². The molecular formula is C14H20N2O2. The van der Waals surface area contributed by atoms with E-state index in [0.29, 0.717) is 0 Å². The molecule has 4 nitrogen and oxygen atoms in total. The zero-order valence-corrected chi connectivity index (χ0v) is 10.6. The molecule has 1 unspecified atom stereocenters. The standard InChI is InChI=1S/C14H20N2O2/c1-2-11-18-14(17)12-3-5-13(6-4-12)16-9-7-15-8-10-16/h2-3,5-6,12,15H,1,4,7-11H2. The van der Waals surface area contributed by atoms with Gasteiger partial charge in [0.05, 0.1) is 5.92 Å². The van der Waals surface area contributed by atoms with Crippen LogP contribution >= 0.6 is 0 Å². The van der Waals surface area contributed by atoms with Crippen molar-refractivity contribution in [2.75, 3.05) is 32.8 Å². The molecule has 1 fully saturated rings. The van der Waals surface area contributed by atoms with Gasteiger partial charge in [-0.2, -0.15) is 0 Å². The fourth-order valence-corrected chi connectivity index (χ4v) is 2.19. The van der Waals surface area contributed by atoms with Crippen LogP contribution in [0.5, 0.6) is 0 Å². The molecule has 0 amide bonds. The van der Waals surface area contributed by atoms with Crippen molar-refractivity contribution < 1.29 is 9.53 Å². The minimum Gasteiger partial charge on any atom is -0.461 e. The lowest BCUT2D eigenvalue weighted by molar-refractivity contribution is -0.145. The van der Waals surface area contributed by atoms with Gasteiger partial charge in [-0.25, -0.2) is 0 Å². The number of piperazine rings is 1. The lowest BCUT2D eigenvalue weighted by Gasteiger charge is -2.31. The molecule has 0 bridgehead atoms. The third-order valence-corrected chi connectivity index (χ3v) is 3.21. The van der Waals surface area contributed by atoms with Crippen LogP contribution in [-0.4, -0.2) is 43.7 Å². The van der Waals surface area contributed by atoms with Crippen LogP contribution in [0.4, 0.5) is 0 Å². The normalized spacial score (nSPS) is 23.4. The Hall–Kier alpha value is -1.55. The lowest BCUT2D eigenvalue weighted by Crippen LogP contribution is -2.42. The van der Waals surface area contributed by atoms with E-state index in [0.717, 1.165) is 32.6 Å². The van der Waals surface area contributed by atoms with Crippen LogP contribution in [0.25, 0.3) is 0 Å². The highest BCUT2D eigenvalue weighted by Gasteiger charge is 2.20. The number of esters is 1. The van der Waals surface area contributed by atoms with E-state index >= 15 is 0 Å². The maximum absolute atomic E-state index is 11.7. The second-order valence-electron chi connectivity index (χ2n) is 4.49. The molecule has 2 aliphatic rings. The quantitative estimate of drug-likeness (QED) is 0.597. The number of hydrogen-bond acceptors (Lipinski definition) is 4. The first kappa shape index (κ1) is 12.9. The lowest BCUT2D eigenvalue weighted by atomic mass is 9.99. The minimum atomic E-state index is -0.165. The van der Waals surface area contributed by atoms with E-state index in [9.17, 15) is 4.79 Å². The number of rotatable bonds is 4. The third-order valence-electron chi connectivity index (χ3n) is 3.21. The van der Waals surface area contributed by atoms with Crippen LogP contribution in [0.15, 0.2) is 36.6 Å². The van der Waals surface area contributed by atoms with Gasteiger partial charge in [0.15, 0.2) is 0 Å². The van der Waals surface area contributed by atoms with Gasteiger partial charge >= 0.3 is 5.97 Å². The molecule has 0 saturated carbocycles. The average molecular weight is 248 g/mol. The van der Waals surface area contributed by atoms with Crippen molar-refractivity contribution in [1.82, 2.24) is 10.2 Å². The van der Waals surface area contributed by atoms with Crippen LogP contribution in [0.2, 0.25) is 0 Å². The van der Waals surface area contributed by atoms with E-state index < -0.39 is 0 Å². The average Bonchev–Trinajstić information content (AvgIpc) is 2.46. The smallest absolute Gasteiger partial charge is 0.313 e. The molecular weight excluding hydrogens is 228 g/mol. The summed E-state index contributed by atoms with van der Waals surface area (Å²) < 4.78 is 5.05. The van der Waals surface area contributed by atoms with Crippen LogP contribution in [0.3, 0.4) is 0 Å². The monoisotopic (exact) mass is 248 g/mol. The molecule has 98 valence electrons. The maximum atomic E-state index is 11.7. The molecule has 2 rings (SSSR count). The molecule has 4 heteroatoms.